The van der Waals surface area contributed by atoms with Crippen LogP contribution >= 0.6 is 0 Å². The van der Waals surface area contributed by atoms with Crippen molar-refractivity contribution in [2.45, 2.75) is 46.7 Å². The number of ether oxygens (including phenoxy) is 1. The van der Waals surface area contributed by atoms with Gasteiger partial charge in [-0.05, 0) is 20.4 Å². The van der Waals surface area contributed by atoms with E-state index >= 15 is 0 Å². The molecule has 1 heterocycles. The van der Waals surface area contributed by atoms with Crippen molar-refractivity contribution >= 4 is 0 Å². The Kier molecular flexibility index (Phi) is 6.39. The highest BCUT2D eigenvalue weighted by Gasteiger charge is 2.25. The Morgan fingerprint density at radius 3 is 1.92 bits per heavy atom. The first-order valence-corrected chi connectivity index (χ1v) is 5.09. The molecule has 1 fully saturated rings. The number of hydrogen-bond donors (Lipinski definition) is 0. The second kappa shape index (κ2) is 6.44. The van der Waals surface area contributed by atoms with Crippen molar-refractivity contribution in [3.63, 3.8) is 0 Å². The summed E-state index contributed by atoms with van der Waals surface area (Å²) in [5.74, 6) is 0. The van der Waals surface area contributed by atoms with Crippen molar-refractivity contribution in [3.05, 3.63) is 0 Å². The molecule has 74 valence electrons. The highest BCUT2D eigenvalue weighted by molar-refractivity contribution is 4.78. The predicted molar refractivity (Wildman–Crippen MR) is 53.5 cm³/mol. The fourth-order valence-electron chi connectivity index (χ4n) is 1.46. The minimum absolute atomic E-state index is 0.666. The summed E-state index contributed by atoms with van der Waals surface area (Å²) in [6.07, 6.45) is 0. The molecule has 1 aliphatic rings. The molecule has 1 aliphatic heterocycles. The van der Waals surface area contributed by atoms with Crippen LogP contribution in [-0.2, 0) is 4.74 Å². The summed E-state index contributed by atoms with van der Waals surface area (Å²) in [4.78, 5) is 2.48. The van der Waals surface area contributed by atoms with Gasteiger partial charge < -0.3 is 4.74 Å². The third-order valence-electron chi connectivity index (χ3n) is 2.12. The Balaban J connectivity index is 0.000000561. The van der Waals surface area contributed by atoms with Gasteiger partial charge in [-0.2, -0.15) is 0 Å². The summed E-state index contributed by atoms with van der Waals surface area (Å²) in [6.45, 7) is 13.7. The van der Waals surface area contributed by atoms with Gasteiger partial charge in [0.15, 0.2) is 0 Å². The minimum atomic E-state index is 0.666. The van der Waals surface area contributed by atoms with Crippen LogP contribution in [0, 0.1) is 0 Å². The van der Waals surface area contributed by atoms with Gasteiger partial charge in [0.2, 0.25) is 0 Å². The van der Waals surface area contributed by atoms with E-state index in [-0.39, 0.29) is 0 Å². The Morgan fingerprint density at radius 2 is 1.83 bits per heavy atom. The lowest BCUT2D eigenvalue weighted by Gasteiger charge is -2.39. The summed E-state index contributed by atoms with van der Waals surface area (Å²) in [5, 5.41) is 0. The molecule has 0 N–H and O–H groups in total. The van der Waals surface area contributed by atoms with E-state index in [1.54, 1.807) is 0 Å². The minimum Gasteiger partial charge on any atom is -0.378 e. The van der Waals surface area contributed by atoms with Gasteiger partial charge in [0, 0.05) is 6.04 Å². The number of likely N-dealkylation sites (N-methyl/N-ethyl adjacent to an activating group) is 1. The zero-order chi connectivity index (χ0) is 9.56. The summed E-state index contributed by atoms with van der Waals surface area (Å²) in [5.41, 5.74) is 0. The van der Waals surface area contributed by atoms with Gasteiger partial charge in [0.25, 0.3) is 0 Å². The first-order chi connectivity index (χ1) is 5.75. The largest absolute Gasteiger partial charge is 0.378 e. The maximum atomic E-state index is 5.13. The molecule has 0 amide bonds. The number of nitrogens with zero attached hydrogens (tertiary/aromatic N) is 1. The summed E-state index contributed by atoms with van der Waals surface area (Å²) in [7, 11) is 0. The van der Waals surface area contributed by atoms with Crippen LogP contribution in [0.4, 0.5) is 0 Å². The average molecular weight is 173 g/mol. The molecule has 0 aromatic heterocycles. The topological polar surface area (TPSA) is 12.5 Å². The molecule has 0 aliphatic carbocycles. The van der Waals surface area contributed by atoms with E-state index in [0.29, 0.717) is 12.1 Å². The highest BCUT2D eigenvalue weighted by Crippen LogP contribution is 2.12. The van der Waals surface area contributed by atoms with E-state index < -0.39 is 0 Å². The van der Waals surface area contributed by atoms with Crippen molar-refractivity contribution in [1.29, 1.82) is 0 Å². The standard InChI is InChI=1S/C8H17NO.C2H6/c1-4-9(7(2)3)8-5-10-6-8;1-2/h7-8H,4-6H2,1-3H3;1-2H3. The van der Waals surface area contributed by atoms with Crippen molar-refractivity contribution in [2.75, 3.05) is 19.8 Å². The van der Waals surface area contributed by atoms with Crippen LogP contribution in [0.5, 0.6) is 0 Å². The molecular weight excluding hydrogens is 150 g/mol. The van der Waals surface area contributed by atoms with Crippen molar-refractivity contribution in [3.8, 4) is 0 Å². The lowest BCUT2D eigenvalue weighted by molar-refractivity contribution is -0.0731. The van der Waals surface area contributed by atoms with Crippen LogP contribution in [-0.4, -0.2) is 36.7 Å². The maximum absolute atomic E-state index is 5.13. The molecule has 0 radical (unpaired) electrons. The van der Waals surface area contributed by atoms with Crippen molar-refractivity contribution in [1.82, 2.24) is 4.90 Å². The van der Waals surface area contributed by atoms with E-state index in [9.17, 15) is 0 Å². The second-order valence-electron chi connectivity index (χ2n) is 3.12. The summed E-state index contributed by atoms with van der Waals surface area (Å²) in [6, 6.07) is 1.36. The van der Waals surface area contributed by atoms with E-state index in [1.165, 1.54) is 0 Å². The fourth-order valence-corrected chi connectivity index (χ4v) is 1.46. The molecule has 1 rings (SSSR count). The number of hydrogen-bond acceptors (Lipinski definition) is 2. The van der Waals surface area contributed by atoms with Crippen LogP contribution in [0.3, 0.4) is 0 Å². The van der Waals surface area contributed by atoms with Gasteiger partial charge >= 0.3 is 0 Å². The Labute approximate surface area is 76.9 Å². The zero-order valence-electron chi connectivity index (χ0n) is 9.13. The van der Waals surface area contributed by atoms with E-state index in [2.05, 4.69) is 25.7 Å². The Bertz CT molecular complexity index is 100. The maximum Gasteiger partial charge on any atom is 0.0645 e. The first kappa shape index (κ1) is 11.9. The monoisotopic (exact) mass is 173 g/mol. The fraction of sp³-hybridized carbons (Fsp3) is 1.00. The first-order valence-electron chi connectivity index (χ1n) is 5.09. The molecule has 0 unspecified atom stereocenters. The molecule has 0 saturated carbocycles. The van der Waals surface area contributed by atoms with E-state index in [4.69, 9.17) is 4.74 Å². The summed E-state index contributed by atoms with van der Waals surface area (Å²) < 4.78 is 5.13. The molecule has 12 heavy (non-hydrogen) atoms. The Morgan fingerprint density at radius 1 is 1.33 bits per heavy atom. The predicted octanol–water partition coefficient (Wildman–Crippen LogP) is 2.14. The van der Waals surface area contributed by atoms with Crippen LogP contribution in [0.15, 0.2) is 0 Å². The summed E-state index contributed by atoms with van der Waals surface area (Å²) >= 11 is 0. The second-order valence-corrected chi connectivity index (χ2v) is 3.12. The van der Waals surface area contributed by atoms with E-state index in [0.717, 1.165) is 19.8 Å². The third kappa shape index (κ3) is 3.11. The third-order valence-corrected chi connectivity index (χ3v) is 2.12. The van der Waals surface area contributed by atoms with Gasteiger partial charge in [0.05, 0.1) is 19.3 Å². The molecular formula is C10H23NO. The molecule has 0 aromatic rings. The average Bonchev–Trinajstić information content (AvgIpc) is 1.99. The SMILES string of the molecule is CC.CCN(C(C)C)C1COC1. The Hall–Kier alpha value is -0.0800. The van der Waals surface area contributed by atoms with E-state index in [1.807, 2.05) is 13.8 Å². The molecule has 2 heteroatoms. The van der Waals surface area contributed by atoms with Crippen LogP contribution in [0.25, 0.3) is 0 Å². The lowest BCUT2D eigenvalue weighted by Crippen LogP contribution is -2.51. The van der Waals surface area contributed by atoms with Gasteiger partial charge in [0.1, 0.15) is 0 Å². The molecule has 0 spiro atoms. The molecule has 2 nitrogen and oxygen atoms in total. The smallest absolute Gasteiger partial charge is 0.0645 e. The van der Waals surface area contributed by atoms with Crippen LogP contribution in [0.1, 0.15) is 34.6 Å². The van der Waals surface area contributed by atoms with Gasteiger partial charge in [-0.15, -0.1) is 0 Å². The normalized spacial score (nSPS) is 17.2. The lowest BCUT2D eigenvalue weighted by atomic mass is 10.2. The molecule has 0 bridgehead atoms. The highest BCUT2D eigenvalue weighted by atomic mass is 16.5. The van der Waals surface area contributed by atoms with Crippen LogP contribution < -0.4 is 0 Å². The zero-order valence-corrected chi connectivity index (χ0v) is 9.13. The van der Waals surface area contributed by atoms with Crippen molar-refractivity contribution in [2.24, 2.45) is 0 Å². The molecule has 1 saturated heterocycles. The van der Waals surface area contributed by atoms with Crippen LogP contribution in [0.2, 0.25) is 0 Å². The quantitative estimate of drug-likeness (QED) is 0.648. The van der Waals surface area contributed by atoms with Gasteiger partial charge in [-0.25, -0.2) is 0 Å². The molecule has 0 aromatic carbocycles. The number of rotatable bonds is 3. The van der Waals surface area contributed by atoms with Crippen molar-refractivity contribution < 1.29 is 4.74 Å². The molecule has 0 atom stereocenters. The van der Waals surface area contributed by atoms with Gasteiger partial charge in [-0.3, -0.25) is 4.90 Å². The van der Waals surface area contributed by atoms with Gasteiger partial charge in [-0.1, -0.05) is 20.8 Å².